The Labute approximate surface area is 155 Å². The Bertz CT molecular complexity index is 779. The molecule has 2 aliphatic heterocycles. The number of carboxylic acid groups (broad SMARTS) is 1. The van der Waals surface area contributed by atoms with Gasteiger partial charge in [-0.1, -0.05) is 30.3 Å². The van der Waals surface area contributed by atoms with Crippen LogP contribution in [0.15, 0.2) is 42.5 Å². The average Bonchev–Trinajstić information content (AvgIpc) is 3.19. The Hall–Kier alpha value is -2.17. The number of rotatable bonds is 5. The lowest BCUT2D eigenvalue weighted by atomic mass is 9.94. The zero-order valence-electron chi connectivity index (χ0n) is 15.2. The topological polar surface area (TPSA) is 43.8 Å². The van der Waals surface area contributed by atoms with Gasteiger partial charge in [-0.15, -0.1) is 0 Å². The molecule has 0 saturated carbocycles. The first-order chi connectivity index (χ1) is 12.7. The van der Waals surface area contributed by atoms with Gasteiger partial charge in [0.15, 0.2) is 0 Å². The van der Waals surface area contributed by atoms with E-state index in [0.717, 1.165) is 31.6 Å². The van der Waals surface area contributed by atoms with Gasteiger partial charge in [0.05, 0.1) is 5.56 Å². The van der Waals surface area contributed by atoms with Crippen molar-refractivity contribution in [3.8, 4) is 11.1 Å². The first-order valence-corrected chi connectivity index (χ1v) is 9.59. The maximum atomic E-state index is 11.0. The van der Waals surface area contributed by atoms with E-state index >= 15 is 0 Å². The Balaban J connectivity index is 1.42. The van der Waals surface area contributed by atoms with Crippen molar-refractivity contribution in [2.75, 3.05) is 32.7 Å². The molecule has 26 heavy (non-hydrogen) atoms. The molecule has 0 aromatic heterocycles. The number of benzene rings is 2. The van der Waals surface area contributed by atoms with Crippen molar-refractivity contribution in [2.24, 2.45) is 0 Å². The maximum Gasteiger partial charge on any atom is 0.335 e. The zero-order valence-corrected chi connectivity index (χ0v) is 15.2. The predicted molar refractivity (Wildman–Crippen MR) is 103 cm³/mol. The third-order valence-electron chi connectivity index (χ3n) is 5.69. The van der Waals surface area contributed by atoms with Crippen molar-refractivity contribution in [1.82, 2.24) is 9.80 Å². The molecule has 0 amide bonds. The fraction of sp³-hybridized carbons (Fsp3) is 0.409. The number of fused-ring (bicyclic) bond motifs is 1. The molecular formula is C22H26N2O2. The molecule has 4 rings (SSSR count). The number of hydrogen-bond donors (Lipinski definition) is 1. The van der Waals surface area contributed by atoms with E-state index in [1.165, 1.54) is 49.2 Å². The summed E-state index contributed by atoms with van der Waals surface area (Å²) in [4.78, 5) is 16.2. The van der Waals surface area contributed by atoms with Crippen molar-refractivity contribution >= 4 is 5.97 Å². The Morgan fingerprint density at radius 3 is 2.27 bits per heavy atom. The summed E-state index contributed by atoms with van der Waals surface area (Å²) in [5, 5.41) is 9.03. The second-order valence-corrected chi connectivity index (χ2v) is 7.44. The Morgan fingerprint density at radius 1 is 0.846 bits per heavy atom. The average molecular weight is 350 g/mol. The van der Waals surface area contributed by atoms with Crippen LogP contribution in [0.25, 0.3) is 11.1 Å². The summed E-state index contributed by atoms with van der Waals surface area (Å²) in [5.41, 5.74) is 5.45. The van der Waals surface area contributed by atoms with Gasteiger partial charge in [0.25, 0.3) is 0 Å². The van der Waals surface area contributed by atoms with Crippen molar-refractivity contribution in [2.45, 2.75) is 25.8 Å². The highest BCUT2D eigenvalue weighted by atomic mass is 16.4. The van der Waals surface area contributed by atoms with Crippen molar-refractivity contribution in [1.29, 1.82) is 0 Å². The second-order valence-electron chi connectivity index (χ2n) is 7.44. The van der Waals surface area contributed by atoms with Crippen LogP contribution < -0.4 is 0 Å². The van der Waals surface area contributed by atoms with Gasteiger partial charge >= 0.3 is 5.97 Å². The fourth-order valence-electron chi connectivity index (χ4n) is 4.08. The van der Waals surface area contributed by atoms with Gasteiger partial charge in [0.2, 0.25) is 0 Å². The third kappa shape index (κ3) is 3.81. The van der Waals surface area contributed by atoms with Crippen LogP contribution >= 0.6 is 0 Å². The quantitative estimate of drug-likeness (QED) is 0.896. The molecule has 0 atom stereocenters. The highest BCUT2D eigenvalue weighted by molar-refractivity contribution is 5.88. The van der Waals surface area contributed by atoms with E-state index in [1.807, 2.05) is 12.1 Å². The largest absolute Gasteiger partial charge is 0.478 e. The molecule has 1 N–H and O–H groups in total. The van der Waals surface area contributed by atoms with Crippen molar-refractivity contribution in [3.05, 3.63) is 59.2 Å². The van der Waals surface area contributed by atoms with E-state index in [-0.39, 0.29) is 0 Å². The lowest BCUT2D eigenvalue weighted by Crippen LogP contribution is -2.37. The SMILES string of the molecule is O=C(O)c1ccc(-c2ccc3c(c2)CCN(CCN2CCCC2)C3)cc1. The van der Waals surface area contributed by atoms with Gasteiger partial charge < -0.3 is 10.0 Å². The van der Waals surface area contributed by atoms with Gasteiger partial charge in [-0.25, -0.2) is 4.79 Å². The monoisotopic (exact) mass is 350 g/mol. The van der Waals surface area contributed by atoms with Crippen LogP contribution in [0.3, 0.4) is 0 Å². The molecular weight excluding hydrogens is 324 g/mol. The molecule has 2 heterocycles. The number of aromatic carboxylic acids is 1. The minimum Gasteiger partial charge on any atom is -0.478 e. The number of hydrogen-bond acceptors (Lipinski definition) is 3. The molecule has 1 saturated heterocycles. The number of nitrogens with zero attached hydrogens (tertiary/aromatic N) is 2. The van der Waals surface area contributed by atoms with Crippen LogP contribution in [0.1, 0.15) is 34.3 Å². The zero-order chi connectivity index (χ0) is 17.9. The lowest BCUT2D eigenvalue weighted by Gasteiger charge is -2.30. The van der Waals surface area contributed by atoms with Gasteiger partial charge in [0.1, 0.15) is 0 Å². The van der Waals surface area contributed by atoms with Crippen molar-refractivity contribution in [3.63, 3.8) is 0 Å². The summed E-state index contributed by atoms with van der Waals surface area (Å²) in [5.74, 6) is -0.879. The third-order valence-corrected chi connectivity index (χ3v) is 5.69. The summed E-state index contributed by atoms with van der Waals surface area (Å²) >= 11 is 0. The summed E-state index contributed by atoms with van der Waals surface area (Å²) in [7, 11) is 0. The Morgan fingerprint density at radius 2 is 1.54 bits per heavy atom. The number of carboxylic acids is 1. The summed E-state index contributed by atoms with van der Waals surface area (Å²) in [6, 6.07) is 13.8. The van der Waals surface area contributed by atoms with E-state index in [9.17, 15) is 4.79 Å². The summed E-state index contributed by atoms with van der Waals surface area (Å²) in [6.07, 6.45) is 3.81. The van der Waals surface area contributed by atoms with Crippen LogP contribution in [0.2, 0.25) is 0 Å². The molecule has 4 heteroatoms. The normalized spacial score (nSPS) is 18.0. The van der Waals surface area contributed by atoms with Gasteiger partial charge in [-0.2, -0.15) is 0 Å². The number of carbonyl (C=O) groups is 1. The molecule has 0 bridgehead atoms. The first-order valence-electron chi connectivity index (χ1n) is 9.59. The molecule has 0 aliphatic carbocycles. The van der Waals surface area contributed by atoms with Crippen LogP contribution in [0, 0.1) is 0 Å². The first kappa shape index (κ1) is 17.3. The van der Waals surface area contributed by atoms with Crippen LogP contribution in [-0.2, 0) is 13.0 Å². The van der Waals surface area contributed by atoms with Crippen LogP contribution in [0.5, 0.6) is 0 Å². The molecule has 2 aliphatic rings. The van der Waals surface area contributed by atoms with E-state index in [2.05, 4.69) is 28.0 Å². The standard InChI is InChI=1S/C22H26N2O2/c25-22(26)18-5-3-17(4-6-18)19-7-8-21-16-24(12-9-20(21)15-19)14-13-23-10-1-2-11-23/h3-8,15H,1-2,9-14,16H2,(H,25,26). The highest BCUT2D eigenvalue weighted by Gasteiger charge is 2.18. The summed E-state index contributed by atoms with van der Waals surface area (Å²) in [6.45, 7) is 7.08. The minimum atomic E-state index is -0.879. The van der Waals surface area contributed by atoms with E-state index in [1.54, 1.807) is 12.1 Å². The highest BCUT2D eigenvalue weighted by Crippen LogP contribution is 2.26. The summed E-state index contributed by atoms with van der Waals surface area (Å²) < 4.78 is 0. The second kappa shape index (κ2) is 7.60. The Kier molecular flexibility index (Phi) is 5.05. The smallest absolute Gasteiger partial charge is 0.335 e. The minimum absolute atomic E-state index is 0.334. The van der Waals surface area contributed by atoms with Crippen LogP contribution in [-0.4, -0.2) is 53.6 Å². The van der Waals surface area contributed by atoms with Gasteiger partial charge in [-0.05, 0) is 66.7 Å². The van der Waals surface area contributed by atoms with E-state index in [4.69, 9.17) is 5.11 Å². The molecule has 2 aromatic carbocycles. The fourth-order valence-corrected chi connectivity index (χ4v) is 4.08. The molecule has 0 radical (unpaired) electrons. The van der Waals surface area contributed by atoms with Gasteiger partial charge in [-0.3, -0.25) is 4.90 Å². The van der Waals surface area contributed by atoms with Crippen molar-refractivity contribution < 1.29 is 9.90 Å². The van der Waals surface area contributed by atoms with Gasteiger partial charge in [0, 0.05) is 26.2 Å². The molecule has 0 spiro atoms. The van der Waals surface area contributed by atoms with E-state index < -0.39 is 5.97 Å². The number of likely N-dealkylation sites (tertiary alicyclic amines) is 1. The molecule has 4 nitrogen and oxygen atoms in total. The molecule has 0 unspecified atom stereocenters. The lowest BCUT2D eigenvalue weighted by molar-refractivity contribution is 0.0697. The maximum absolute atomic E-state index is 11.0. The van der Waals surface area contributed by atoms with Crippen LogP contribution in [0.4, 0.5) is 0 Å². The van der Waals surface area contributed by atoms with E-state index in [0.29, 0.717) is 5.56 Å². The molecule has 2 aromatic rings. The predicted octanol–water partition coefficient (Wildman–Crippen LogP) is 3.51. The molecule has 1 fully saturated rings. The molecule has 136 valence electrons.